The molecule has 1 atom stereocenters. The van der Waals surface area contributed by atoms with Crippen LogP contribution < -0.4 is 0 Å². The number of amides is 1. The number of hydrogen-bond acceptors (Lipinski definition) is 7. The molecule has 4 rings (SSSR count). The molecule has 1 amide bonds. The second kappa shape index (κ2) is 7.50. The van der Waals surface area contributed by atoms with Gasteiger partial charge >= 0.3 is 0 Å². The lowest BCUT2D eigenvalue weighted by atomic mass is 9.86. The van der Waals surface area contributed by atoms with Crippen LogP contribution in [-0.4, -0.2) is 33.2 Å². The number of carbonyl (C=O) groups is 1. The summed E-state index contributed by atoms with van der Waals surface area (Å²) < 4.78 is 5.37. The summed E-state index contributed by atoms with van der Waals surface area (Å²) in [4.78, 5) is 27.1. The molecule has 0 radical (unpaired) electrons. The Bertz CT molecular complexity index is 996. The van der Waals surface area contributed by atoms with Gasteiger partial charge in [0.1, 0.15) is 5.76 Å². The van der Waals surface area contributed by atoms with Crippen LogP contribution in [0.3, 0.4) is 0 Å². The van der Waals surface area contributed by atoms with Gasteiger partial charge < -0.3 is 4.42 Å². The van der Waals surface area contributed by atoms with Crippen molar-refractivity contribution in [3.8, 4) is 6.07 Å². The van der Waals surface area contributed by atoms with Gasteiger partial charge in [-0.2, -0.15) is 5.26 Å². The Kier molecular flexibility index (Phi) is 4.90. The molecule has 0 spiro atoms. The van der Waals surface area contributed by atoms with Crippen molar-refractivity contribution < 1.29 is 14.1 Å². The number of allylic oxidation sites excluding steroid dienone is 1. The lowest BCUT2D eigenvalue weighted by molar-refractivity contribution is -0.384. The Morgan fingerprint density at radius 1 is 1.36 bits per heavy atom. The van der Waals surface area contributed by atoms with E-state index in [1.165, 1.54) is 23.9 Å². The van der Waals surface area contributed by atoms with Gasteiger partial charge in [0.05, 0.1) is 46.9 Å². The highest BCUT2D eigenvalue weighted by Gasteiger charge is 2.38. The molecule has 0 aliphatic carbocycles. The summed E-state index contributed by atoms with van der Waals surface area (Å²) in [5, 5.41) is 21.5. The molecule has 1 aromatic carbocycles. The van der Waals surface area contributed by atoms with E-state index in [-0.39, 0.29) is 18.0 Å². The van der Waals surface area contributed by atoms with Gasteiger partial charge in [-0.25, -0.2) is 0 Å². The first kappa shape index (κ1) is 18.3. The van der Waals surface area contributed by atoms with Crippen LogP contribution in [0.25, 0.3) is 0 Å². The van der Waals surface area contributed by atoms with Crippen molar-refractivity contribution in [2.24, 2.45) is 0 Å². The minimum Gasteiger partial charge on any atom is -0.468 e. The Hall–Kier alpha value is -3.09. The van der Waals surface area contributed by atoms with Gasteiger partial charge in [-0.15, -0.1) is 0 Å². The first-order valence-electron chi connectivity index (χ1n) is 8.63. The van der Waals surface area contributed by atoms with E-state index in [0.29, 0.717) is 35.3 Å². The van der Waals surface area contributed by atoms with Crippen LogP contribution in [0.5, 0.6) is 0 Å². The summed E-state index contributed by atoms with van der Waals surface area (Å²) in [6, 6.07) is 12.1. The maximum atomic E-state index is 12.8. The van der Waals surface area contributed by atoms with Gasteiger partial charge in [-0.3, -0.25) is 24.7 Å². The van der Waals surface area contributed by atoms with Gasteiger partial charge in [0, 0.05) is 24.5 Å². The van der Waals surface area contributed by atoms with E-state index in [4.69, 9.17) is 4.42 Å². The number of hydrogen-bond donors (Lipinski definition) is 0. The topological polar surface area (TPSA) is 104 Å². The molecular formula is C19H16N4O4S. The highest BCUT2D eigenvalue weighted by Crippen LogP contribution is 2.43. The molecule has 28 heavy (non-hydrogen) atoms. The molecule has 0 saturated carbocycles. The third-order valence-corrected chi connectivity index (χ3v) is 6.00. The van der Waals surface area contributed by atoms with Crippen molar-refractivity contribution >= 4 is 23.4 Å². The monoisotopic (exact) mass is 396 g/mol. The van der Waals surface area contributed by atoms with Crippen molar-refractivity contribution in [2.75, 3.05) is 12.5 Å². The number of rotatable bonds is 4. The lowest BCUT2D eigenvalue weighted by Crippen LogP contribution is -2.46. The molecule has 3 heterocycles. The lowest BCUT2D eigenvalue weighted by Gasteiger charge is -2.41. The average Bonchev–Trinajstić information content (AvgIpc) is 3.21. The first-order valence-corrected chi connectivity index (χ1v) is 9.62. The highest BCUT2D eigenvalue weighted by atomic mass is 32.2. The summed E-state index contributed by atoms with van der Waals surface area (Å²) in [7, 11) is 0. The molecule has 0 unspecified atom stereocenters. The van der Waals surface area contributed by atoms with Crippen LogP contribution in [0.4, 0.5) is 5.69 Å². The maximum Gasteiger partial charge on any atom is 0.269 e. The van der Waals surface area contributed by atoms with Crippen molar-refractivity contribution in [1.82, 2.24) is 9.80 Å². The number of fused-ring (bicyclic) bond motifs is 1. The smallest absolute Gasteiger partial charge is 0.269 e. The standard InChI is InChI=1S/C19H16N4O4S/c20-9-17-16(13-3-1-4-14(7-13)23(25)26)8-18(24)22-11-21(12-28-19(17)22)10-15-5-2-6-27-15/h1-7,16H,8,10-12H2/t16-/m1/s1. The number of thioether (sulfide) groups is 1. The number of nitro benzene ring substituents is 1. The second-order valence-corrected chi connectivity index (χ2v) is 7.52. The zero-order chi connectivity index (χ0) is 19.7. The molecule has 8 nitrogen and oxygen atoms in total. The number of nitrogens with zero attached hydrogens (tertiary/aromatic N) is 4. The molecule has 1 saturated heterocycles. The zero-order valence-electron chi connectivity index (χ0n) is 14.8. The van der Waals surface area contributed by atoms with Crippen LogP contribution in [0.15, 0.2) is 57.7 Å². The third kappa shape index (κ3) is 3.40. The van der Waals surface area contributed by atoms with E-state index in [1.54, 1.807) is 23.3 Å². The Labute approximate surface area is 165 Å². The maximum absolute atomic E-state index is 12.8. The van der Waals surface area contributed by atoms with Gasteiger partial charge in [-0.1, -0.05) is 23.9 Å². The quantitative estimate of drug-likeness (QED) is 0.576. The predicted molar refractivity (Wildman–Crippen MR) is 102 cm³/mol. The number of carbonyl (C=O) groups excluding carboxylic acids is 1. The van der Waals surface area contributed by atoms with Crippen LogP contribution >= 0.6 is 11.8 Å². The van der Waals surface area contributed by atoms with Crippen LogP contribution in [0.2, 0.25) is 0 Å². The van der Waals surface area contributed by atoms with Gasteiger partial charge in [0.25, 0.3) is 5.69 Å². The Morgan fingerprint density at radius 3 is 2.93 bits per heavy atom. The van der Waals surface area contributed by atoms with E-state index < -0.39 is 10.8 Å². The molecule has 2 aliphatic heterocycles. The van der Waals surface area contributed by atoms with E-state index >= 15 is 0 Å². The fourth-order valence-electron chi connectivity index (χ4n) is 3.47. The summed E-state index contributed by atoms with van der Waals surface area (Å²) in [5.41, 5.74) is 1.06. The summed E-state index contributed by atoms with van der Waals surface area (Å²) in [5.74, 6) is 0.870. The highest BCUT2D eigenvalue weighted by molar-refractivity contribution is 8.03. The predicted octanol–water partition coefficient (Wildman–Crippen LogP) is 3.40. The molecule has 1 aromatic heterocycles. The van der Waals surface area contributed by atoms with E-state index in [9.17, 15) is 20.2 Å². The Morgan fingerprint density at radius 2 is 2.21 bits per heavy atom. The van der Waals surface area contributed by atoms with Crippen molar-refractivity contribution in [3.05, 3.63) is 74.7 Å². The van der Waals surface area contributed by atoms with Gasteiger partial charge in [0.15, 0.2) is 0 Å². The van der Waals surface area contributed by atoms with Gasteiger partial charge in [0.2, 0.25) is 5.91 Å². The normalized spacial score (nSPS) is 20.0. The molecular weight excluding hydrogens is 380 g/mol. The largest absolute Gasteiger partial charge is 0.468 e. The summed E-state index contributed by atoms with van der Waals surface area (Å²) in [6.07, 6.45) is 1.73. The van der Waals surface area contributed by atoms with E-state index in [1.807, 2.05) is 12.1 Å². The summed E-state index contributed by atoms with van der Waals surface area (Å²) >= 11 is 1.44. The van der Waals surface area contributed by atoms with Crippen molar-refractivity contribution in [2.45, 2.75) is 18.9 Å². The fraction of sp³-hybridized carbons (Fsp3) is 0.263. The minimum absolute atomic E-state index is 0.0458. The zero-order valence-corrected chi connectivity index (χ0v) is 15.6. The number of benzene rings is 1. The molecule has 9 heteroatoms. The number of furan rings is 1. The number of non-ortho nitro benzene ring substituents is 1. The minimum atomic E-state index is -0.471. The molecule has 0 N–H and O–H groups in total. The molecule has 0 bridgehead atoms. The summed E-state index contributed by atoms with van der Waals surface area (Å²) in [6.45, 7) is 0.960. The van der Waals surface area contributed by atoms with Crippen molar-refractivity contribution in [1.29, 1.82) is 5.26 Å². The first-order chi connectivity index (χ1) is 13.6. The van der Waals surface area contributed by atoms with Gasteiger partial charge in [-0.05, 0) is 17.7 Å². The third-order valence-electron chi connectivity index (χ3n) is 4.79. The average molecular weight is 396 g/mol. The van der Waals surface area contributed by atoms with E-state index in [2.05, 4.69) is 11.0 Å². The molecule has 142 valence electrons. The van der Waals surface area contributed by atoms with Crippen LogP contribution in [-0.2, 0) is 11.3 Å². The van der Waals surface area contributed by atoms with Crippen LogP contribution in [0.1, 0.15) is 23.7 Å². The number of nitro groups is 1. The fourth-order valence-corrected chi connectivity index (χ4v) is 4.61. The second-order valence-electron chi connectivity index (χ2n) is 6.58. The van der Waals surface area contributed by atoms with Crippen molar-refractivity contribution in [3.63, 3.8) is 0 Å². The molecule has 1 fully saturated rings. The SMILES string of the molecule is N#CC1=C2SCN(Cc3ccco3)CN2C(=O)C[C@@H]1c1cccc([N+](=O)[O-])c1. The molecule has 2 aromatic rings. The Balaban J connectivity index is 1.62. The number of nitriles is 1. The molecule has 2 aliphatic rings. The van der Waals surface area contributed by atoms with E-state index in [0.717, 1.165) is 5.76 Å². The van der Waals surface area contributed by atoms with Crippen LogP contribution in [0, 0.1) is 21.4 Å².